The molecule has 0 aliphatic rings. The van der Waals surface area contributed by atoms with Gasteiger partial charge in [0.05, 0.1) is 6.54 Å². The summed E-state index contributed by atoms with van der Waals surface area (Å²) in [5.41, 5.74) is 3.74. The van der Waals surface area contributed by atoms with Gasteiger partial charge in [-0.3, -0.25) is 0 Å². The maximum atomic E-state index is 3.74. The molecule has 1 nitrogen and oxygen atoms in total. The van der Waals surface area contributed by atoms with E-state index >= 15 is 0 Å². The predicted molar refractivity (Wildman–Crippen MR) is 35.4 cm³/mol. The highest BCUT2D eigenvalue weighted by atomic mass is 32.2. The zero-order valence-electron chi connectivity index (χ0n) is 4.94. The maximum absolute atomic E-state index is 3.74. The van der Waals surface area contributed by atoms with E-state index in [-0.39, 0.29) is 0 Å². The minimum atomic E-state index is 1.07. The second-order valence-electron chi connectivity index (χ2n) is 1.47. The van der Waals surface area contributed by atoms with Crippen LogP contribution in [0.1, 0.15) is 13.3 Å². The summed E-state index contributed by atoms with van der Waals surface area (Å²) in [6.45, 7) is 3.28. The van der Waals surface area contributed by atoms with E-state index in [4.69, 9.17) is 0 Å². The van der Waals surface area contributed by atoms with Crippen LogP contribution < -0.4 is 5.73 Å². The summed E-state index contributed by atoms with van der Waals surface area (Å²) in [4.78, 5) is 0. The molecule has 3 N–H and O–H groups in total. The van der Waals surface area contributed by atoms with Crippen LogP contribution in [0.3, 0.4) is 0 Å². The van der Waals surface area contributed by atoms with E-state index in [1.54, 1.807) is 0 Å². The minimum absolute atomic E-state index is 1.07. The van der Waals surface area contributed by atoms with Crippen LogP contribution in [-0.4, -0.2) is 18.1 Å². The van der Waals surface area contributed by atoms with Crippen molar-refractivity contribution in [2.24, 2.45) is 0 Å². The quantitative estimate of drug-likeness (QED) is 0.533. The van der Waals surface area contributed by atoms with Crippen molar-refractivity contribution in [1.29, 1.82) is 0 Å². The first kappa shape index (κ1) is 7.31. The molecule has 44 valence electrons. The molecule has 0 aromatic rings. The van der Waals surface area contributed by atoms with Gasteiger partial charge in [-0.05, 0) is 12.2 Å². The molecule has 0 radical (unpaired) electrons. The lowest BCUT2D eigenvalue weighted by molar-refractivity contribution is -0.360. The Labute approximate surface area is 49.7 Å². The molecular formula is C5H14NS+. The van der Waals surface area contributed by atoms with Gasteiger partial charge < -0.3 is 5.73 Å². The van der Waals surface area contributed by atoms with Crippen molar-refractivity contribution >= 4 is 11.8 Å². The molecule has 0 saturated heterocycles. The van der Waals surface area contributed by atoms with Gasteiger partial charge in [-0.2, -0.15) is 11.8 Å². The Morgan fingerprint density at radius 3 is 2.57 bits per heavy atom. The number of thioether (sulfide) groups is 1. The lowest BCUT2D eigenvalue weighted by Crippen LogP contribution is -2.51. The molecule has 0 aliphatic heterocycles. The van der Waals surface area contributed by atoms with Gasteiger partial charge >= 0.3 is 0 Å². The lowest BCUT2D eigenvalue weighted by atomic mass is 10.6. The molecule has 0 atom stereocenters. The van der Waals surface area contributed by atoms with Crippen molar-refractivity contribution in [2.45, 2.75) is 13.3 Å². The van der Waals surface area contributed by atoms with Crippen LogP contribution in [-0.2, 0) is 0 Å². The second kappa shape index (κ2) is 6.31. The average Bonchev–Trinajstić information content (AvgIpc) is 1.69. The highest BCUT2D eigenvalue weighted by Gasteiger charge is 1.81. The first-order valence-electron chi connectivity index (χ1n) is 2.78. The van der Waals surface area contributed by atoms with Crippen molar-refractivity contribution in [1.82, 2.24) is 0 Å². The highest BCUT2D eigenvalue weighted by molar-refractivity contribution is 7.99. The third-order valence-electron chi connectivity index (χ3n) is 0.637. The minimum Gasteiger partial charge on any atom is -0.357 e. The maximum Gasteiger partial charge on any atom is 0.0831 e. The molecule has 0 amide bonds. The number of hydrogen-bond acceptors (Lipinski definition) is 1. The van der Waals surface area contributed by atoms with E-state index in [0.29, 0.717) is 0 Å². The van der Waals surface area contributed by atoms with Crippen molar-refractivity contribution in [3.05, 3.63) is 0 Å². The smallest absolute Gasteiger partial charge is 0.0831 e. The predicted octanol–water partition coefficient (Wildman–Crippen LogP) is 0.372. The van der Waals surface area contributed by atoms with Crippen molar-refractivity contribution in [3.63, 3.8) is 0 Å². The van der Waals surface area contributed by atoms with Crippen molar-refractivity contribution < 1.29 is 5.73 Å². The molecule has 0 heterocycles. The fraction of sp³-hybridized carbons (Fsp3) is 1.00. The third-order valence-corrected chi connectivity index (χ3v) is 1.91. The number of hydrogen-bond donors (Lipinski definition) is 1. The zero-order valence-corrected chi connectivity index (χ0v) is 5.76. The van der Waals surface area contributed by atoms with Crippen LogP contribution in [0.15, 0.2) is 0 Å². The van der Waals surface area contributed by atoms with E-state index in [2.05, 4.69) is 12.7 Å². The standard InChI is InChI=1S/C5H13NS/c1-2-4-7-5-3-6/h2-6H2,1H3/p+1. The Bertz CT molecular complexity index is 27.3. The second-order valence-corrected chi connectivity index (χ2v) is 2.69. The third kappa shape index (κ3) is 6.31. The van der Waals surface area contributed by atoms with Gasteiger partial charge in [-0.15, -0.1) is 0 Å². The number of quaternary nitrogens is 1. The van der Waals surface area contributed by atoms with Gasteiger partial charge in [0.25, 0.3) is 0 Å². The topological polar surface area (TPSA) is 27.6 Å². The highest BCUT2D eigenvalue weighted by Crippen LogP contribution is 1.97. The van der Waals surface area contributed by atoms with Crippen LogP contribution in [0, 0.1) is 0 Å². The van der Waals surface area contributed by atoms with E-state index in [9.17, 15) is 0 Å². The molecule has 2 heteroatoms. The summed E-state index contributed by atoms with van der Waals surface area (Å²) in [5.74, 6) is 2.53. The van der Waals surface area contributed by atoms with Gasteiger partial charge in [-0.1, -0.05) is 6.92 Å². The molecule has 0 rings (SSSR count). The lowest BCUT2D eigenvalue weighted by Gasteiger charge is -1.89. The van der Waals surface area contributed by atoms with Gasteiger partial charge in [0.2, 0.25) is 0 Å². The molecule has 0 fully saturated rings. The van der Waals surface area contributed by atoms with Crippen molar-refractivity contribution in [3.8, 4) is 0 Å². The normalized spacial score (nSPS) is 9.43. The Morgan fingerprint density at radius 2 is 2.14 bits per heavy atom. The van der Waals surface area contributed by atoms with E-state index in [0.717, 1.165) is 6.54 Å². The Hall–Kier alpha value is 0.310. The van der Waals surface area contributed by atoms with Gasteiger partial charge in [0.15, 0.2) is 0 Å². The summed E-state index contributed by atoms with van der Waals surface area (Å²) in [5, 5.41) is 0. The van der Waals surface area contributed by atoms with E-state index in [1.165, 1.54) is 17.9 Å². The first-order chi connectivity index (χ1) is 3.41. The molecular weight excluding hydrogens is 106 g/mol. The SMILES string of the molecule is CCCSCC[NH3+]. The molecule has 0 saturated carbocycles. The molecule has 0 unspecified atom stereocenters. The van der Waals surface area contributed by atoms with Crippen LogP contribution >= 0.6 is 11.8 Å². The molecule has 7 heavy (non-hydrogen) atoms. The zero-order chi connectivity index (χ0) is 5.54. The van der Waals surface area contributed by atoms with Crippen LogP contribution in [0.25, 0.3) is 0 Å². The van der Waals surface area contributed by atoms with Gasteiger partial charge in [0.1, 0.15) is 0 Å². The molecule has 0 aromatic carbocycles. The van der Waals surface area contributed by atoms with E-state index < -0.39 is 0 Å². The fourth-order valence-corrected chi connectivity index (χ4v) is 1.05. The summed E-state index contributed by atoms with van der Waals surface area (Å²) < 4.78 is 0. The summed E-state index contributed by atoms with van der Waals surface area (Å²) in [7, 11) is 0. The Morgan fingerprint density at radius 1 is 1.43 bits per heavy atom. The van der Waals surface area contributed by atoms with Crippen molar-refractivity contribution in [2.75, 3.05) is 18.1 Å². The largest absolute Gasteiger partial charge is 0.357 e. The summed E-state index contributed by atoms with van der Waals surface area (Å²) in [6, 6.07) is 0. The molecule has 0 spiro atoms. The fourth-order valence-electron chi connectivity index (χ4n) is 0.348. The molecule has 0 bridgehead atoms. The van der Waals surface area contributed by atoms with Crippen LogP contribution in [0.2, 0.25) is 0 Å². The first-order valence-corrected chi connectivity index (χ1v) is 3.94. The van der Waals surface area contributed by atoms with Crippen LogP contribution in [0.5, 0.6) is 0 Å². The monoisotopic (exact) mass is 120 g/mol. The van der Waals surface area contributed by atoms with Gasteiger partial charge in [0, 0.05) is 5.75 Å². The van der Waals surface area contributed by atoms with Crippen LogP contribution in [0.4, 0.5) is 0 Å². The van der Waals surface area contributed by atoms with Gasteiger partial charge in [-0.25, -0.2) is 0 Å². The summed E-state index contributed by atoms with van der Waals surface area (Å²) >= 11 is 1.99. The molecule has 0 aromatic heterocycles. The molecule has 0 aliphatic carbocycles. The Balaban J connectivity index is 2.45. The Kier molecular flexibility index (Phi) is 6.59. The number of rotatable bonds is 4. The summed E-state index contributed by atoms with van der Waals surface area (Å²) in [6.07, 6.45) is 1.30. The average molecular weight is 120 g/mol. The van der Waals surface area contributed by atoms with E-state index in [1.807, 2.05) is 11.8 Å².